The Bertz CT molecular complexity index is 556. The van der Waals surface area contributed by atoms with Crippen LogP contribution in [0.2, 0.25) is 0 Å². The first-order valence-corrected chi connectivity index (χ1v) is 6.64. The highest BCUT2D eigenvalue weighted by Crippen LogP contribution is 2.16. The van der Waals surface area contributed by atoms with Gasteiger partial charge in [0.2, 0.25) is 11.8 Å². The van der Waals surface area contributed by atoms with Crippen molar-refractivity contribution in [3.05, 3.63) is 42.9 Å². The summed E-state index contributed by atoms with van der Waals surface area (Å²) in [5, 5.41) is 7.67. The van der Waals surface area contributed by atoms with E-state index in [0.29, 0.717) is 19.0 Å². The lowest BCUT2D eigenvalue weighted by Gasteiger charge is -2.17. The molecule has 0 radical (unpaired) electrons. The van der Waals surface area contributed by atoms with Gasteiger partial charge in [-0.2, -0.15) is 5.10 Å². The van der Waals surface area contributed by atoms with Gasteiger partial charge >= 0.3 is 0 Å². The Morgan fingerprint density at radius 3 is 2.95 bits per heavy atom. The van der Waals surface area contributed by atoms with Crippen molar-refractivity contribution in [1.82, 2.24) is 19.7 Å². The summed E-state index contributed by atoms with van der Waals surface area (Å²) in [6.07, 6.45) is 6.21. The van der Waals surface area contributed by atoms with E-state index in [1.54, 1.807) is 18.3 Å². The molecule has 2 aromatic rings. The highest BCUT2D eigenvalue weighted by atomic mass is 16.5. The van der Waals surface area contributed by atoms with Crippen LogP contribution in [0.4, 0.5) is 0 Å². The monoisotopic (exact) mass is 272 g/mol. The normalized spacial score (nSPS) is 18.2. The highest BCUT2D eigenvalue weighted by Gasteiger charge is 2.27. The Morgan fingerprint density at radius 1 is 1.35 bits per heavy atom. The molecule has 0 saturated carbocycles. The van der Waals surface area contributed by atoms with Crippen molar-refractivity contribution in [1.29, 1.82) is 0 Å². The molecule has 0 unspecified atom stereocenters. The predicted octanol–water partition coefficient (Wildman–Crippen LogP) is 0.958. The Hall–Kier alpha value is -2.37. The largest absolute Gasteiger partial charge is 0.471 e. The van der Waals surface area contributed by atoms with E-state index in [1.807, 2.05) is 34.0 Å². The fourth-order valence-corrected chi connectivity index (χ4v) is 2.30. The Kier molecular flexibility index (Phi) is 3.62. The van der Waals surface area contributed by atoms with E-state index in [9.17, 15) is 4.79 Å². The van der Waals surface area contributed by atoms with Crippen LogP contribution in [-0.2, 0) is 11.3 Å². The number of rotatable bonds is 4. The lowest BCUT2D eigenvalue weighted by Crippen LogP contribution is -2.33. The average Bonchev–Trinajstić information content (AvgIpc) is 3.11. The van der Waals surface area contributed by atoms with Crippen molar-refractivity contribution in [2.24, 2.45) is 0 Å². The Labute approximate surface area is 117 Å². The lowest BCUT2D eigenvalue weighted by atomic mass is 10.3. The Balaban J connectivity index is 1.53. The van der Waals surface area contributed by atoms with Gasteiger partial charge in [-0.05, 0) is 18.2 Å². The quantitative estimate of drug-likeness (QED) is 0.831. The van der Waals surface area contributed by atoms with Crippen LogP contribution in [0.1, 0.15) is 6.42 Å². The van der Waals surface area contributed by atoms with E-state index in [2.05, 4.69) is 10.2 Å². The minimum atomic E-state index is 0.000289. The summed E-state index contributed by atoms with van der Waals surface area (Å²) >= 11 is 0. The van der Waals surface area contributed by atoms with Crippen molar-refractivity contribution >= 4 is 5.91 Å². The molecule has 1 saturated heterocycles. The van der Waals surface area contributed by atoms with Crippen LogP contribution in [0, 0.1) is 0 Å². The minimum Gasteiger partial charge on any atom is -0.471 e. The maximum absolute atomic E-state index is 12.1. The summed E-state index contributed by atoms with van der Waals surface area (Å²) in [5.41, 5.74) is 0. The van der Waals surface area contributed by atoms with Crippen LogP contribution in [0.25, 0.3) is 0 Å². The fourth-order valence-electron chi connectivity index (χ4n) is 2.30. The zero-order valence-electron chi connectivity index (χ0n) is 11.1. The molecule has 1 aliphatic heterocycles. The third-order valence-corrected chi connectivity index (χ3v) is 3.32. The van der Waals surface area contributed by atoms with E-state index in [0.717, 1.165) is 13.0 Å². The van der Waals surface area contributed by atoms with E-state index in [1.165, 1.54) is 0 Å². The summed E-state index contributed by atoms with van der Waals surface area (Å²) in [6.45, 7) is 1.71. The lowest BCUT2D eigenvalue weighted by molar-refractivity contribution is -0.131. The number of hydrogen-bond donors (Lipinski definition) is 0. The van der Waals surface area contributed by atoms with Gasteiger partial charge in [-0.3, -0.25) is 4.79 Å². The van der Waals surface area contributed by atoms with Crippen molar-refractivity contribution in [3.63, 3.8) is 0 Å². The van der Waals surface area contributed by atoms with E-state index in [-0.39, 0.29) is 12.0 Å². The number of amides is 1. The molecule has 0 aliphatic carbocycles. The van der Waals surface area contributed by atoms with Gasteiger partial charge in [-0.1, -0.05) is 0 Å². The molecule has 0 N–H and O–H groups in total. The molecule has 0 aromatic carbocycles. The molecule has 1 atom stereocenters. The minimum absolute atomic E-state index is 0.000289. The number of likely N-dealkylation sites (tertiary alicyclic amines) is 1. The molecule has 20 heavy (non-hydrogen) atoms. The second-order valence-corrected chi connectivity index (χ2v) is 4.79. The van der Waals surface area contributed by atoms with Crippen molar-refractivity contribution in [2.75, 3.05) is 13.1 Å². The summed E-state index contributed by atoms with van der Waals surface area (Å²) in [5.74, 6) is 0.628. The number of carbonyl (C=O) groups excluding carboxylic acids is 1. The van der Waals surface area contributed by atoms with Crippen LogP contribution >= 0.6 is 0 Å². The zero-order chi connectivity index (χ0) is 13.8. The van der Waals surface area contributed by atoms with Gasteiger partial charge in [-0.25, -0.2) is 0 Å². The summed E-state index contributed by atoms with van der Waals surface area (Å²) in [6, 6.07) is 7.39. The molecular weight excluding hydrogens is 256 g/mol. The molecule has 1 aliphatic rings. The summed E-state index contributed by atoms with van der Waals surface area (Å²) in [4.78, 5) is 14.0. The van der Waals surface area contributed by atoms with Gasteiger partial charge in [0.15, 0.2) is 0 Å². The molecule has 6 nitrogen and oxygen atoms in total. The van der Waals surface area contributed by atoms with Crippen LogP contribution in [0.5, 0.6) is 5.88 Å². The highest BCUT2D eigenvalue weighted by molar-refractivity contribution is 5.76. The topological polar surface area (TPSA) is 60.2 Å². The van der Waals surface area contributed by atoms with Gasteiger partial charge in [0.25, 0.3) is 0 Å². The first kappa shape index (κ1) is 12.7. The van der Waals surface area contributed by atoms with Gasteiger partial charge in [0.05, 0.1) is 6.54 Å². The molecule has 1 fully saturated rings. The molecule has 0 bridgehead atoms. The molecule has 3 rings (SSSR count). The second kappa shape index (κ2) is 5.73. The van der Waals surface area contributed by atoms with Crippen molar-refractivity contribution in [3.8, 4) is 5.88 Å². The predicted molar refractivity (Wildman–Crippen MR) is 72.1 cm³/mol. The number of ether oxygens (including phenoxy) is 1. The number of aromatic nitrogens is 3. The number of hydrogen-bond acceptors (Lipinski definition) is 4. The number of nitrogens with zero attached hydrogens (tertiary/aromatic N) is 4. The van der Waals surface area contributed by atoms with Crippen molar-refractivity contribution in [2.45, 2.75) is 19.1 Å². The third kappa shape index (κ3) is 2.96. The standard InChI is InChI=1S/C14H16N4O2/c19-14(11-17-7-1-2-8-17)18-9-5-12(10-18)20-13-4-3-6-15-16-13/h1-4,6-8,12H,5,9-11H2/t12-/m1/s1. The third-order valence-electron chi connectivity index (χ3n) is 3.32. The summed E-state index contributed by atoms with van der Waals surface area (Å²) < 4.78 is 7.59. The SMILES string of the molecule is O=C(Cn1cccc1)N1CC[C@@H](Oc2cccnn2)C1. The van der Waals surface area contributed by atoms with Crippen LogP contribution in [0.15, 0.2) is 42.9 Å². The maximum atomic E-state index is 12.1. The van der Waals surface area contributed by atoms with E-state index >= 15 is 0 Å². The molecule has 1 amide bonds. The first-order valence-electron chi connectivity index (χ1n) is 6.64. The average molecular weight is 272 g/mol. The number of carbonyl (C=O) groups is 1. The molecule has 2 aromatic heterocycles. The molecule has 3 heterocycles. The second-order valence-electron chi connectivity index (χ2n) is 4.79. The fraction of sp³-hybridized carbons (Fsp3) is 0.357. The smallest absolute Gasteiger partial charge is 0.242 e. The Morgan fingerprint density at radius 2 is 2.20 bits per heavy atom. The van der Waals surface area contributed by atoms with Crippen LogP contribution < -0.4 is 4.74 Å². The molecule has 104 valence electrons. The van der Waals surface area contributed by atoms with Crippen molar-refractivity contribution < 1.29 is 9.53 Å². The van der Waals surface area contributed by atoms with Gasteiger partial charge in [-0.15, -0.1) is 5.10 Å². The molecule has 0 spiro atoms. The molecule has 6 heteroatoms. The maximum Gasteiger partial charge on any atom is 0.242 e. The van der Waals surface area contributed by atoms with Gasteiger partial charge in [0, 0.05) is 37.6 Å². The van der Waals surface area contributed by atoms with Crippen LogP contribution in [0.3, 0.4) is 0 Å². The zero-order valence-corrected chi connectivity index (χ0v) is 11.1. The molecular formula is C14H16N4O2. The van der Waals surface area contributed by atoms with E-state index < -0.39 is 0 Å². The van der Waals surface area contributed by atoms with Gasteiger partial charge < -0.3 is 14.2 Å². The summed E-state index contributed by atoms with van der Waals surface area (Å²) in [7, 11) is 0. The van der Waals surface area contributed by atoms with Crippen LogP contribution in [-0.4, -0.2) is 44.8 Å². The first-order chi connectivity index (χ1) is 9.81. The van der Waals surface area contributed by atoms with Gasteiger partial charge in [0.1, 0.15) is 12.6 Å². The van der Waals surface area contributed by atoms with E-state index in [4.69, 9.17) is 4.74 Å².